The fourth-order valence-corrected chi connectivity index (χ4v) is 4.79. The molecule has 9 heteroatoms. The van der Waals surface area contributed by atoms with E-state index in [1.165, 1.54) is 22.9 Å². The predicted molar refractivity (Wildman–Crippen MR) is 135 cm³/mol. The first-order valence-electron chi connectivity index (χ1n) is 11.5. The summed E-state index contributed by atoms with van der Waals surface area (Å²) in [5.74, 6) is 2.03. The van der Waals surface area contributed by atoms with E-state index >= 15 is 0 Å². The molecule has 0 bridgehead atoms. The molecule has 2 aromatic carbocycles. The number of nitrogens with zero attached hydrogens (tertiary/aromatic N) is 4. The van der Waals surface area contributed by atoms with E-state index in [4.69, 9.17) is 9.47 Å². The molecule has 178 valence electrons. The Labute approximate surface area is 207 Å². The molecule has 2 aromatic heterocycles. The smallest absolute Gasteiger partial charge is 0.234 e. The standard InChI is InChI=1S/C26H25N5O3S/c1-3-17-7-5-8-18(4-2)24(17)31-25(19-9-6-12-27-14-19)29-30-26(31)35-15-23(32)28-20-10-11-21-22(13-20)34-16-33-21/h5-14H,3-4,15-16H2,1-2H3,(H,28,32). The molecule has 1 aliphatic rings. The van der Waals surface area contributed by atoms with Gasteiger partial charge in [0.05, 0.1) is 11.4 Å². The Morgan fingerprint density at radius 2 is 1.83 bits per heavy atom. The summed E-state index contributed by atoms with van der Waals surface area (Å²) in [6, 6.07) is 15.5. The molecule has 8 nitrogen and oxygen atoms in total. The number of nitrogens with one attached hydrogen (secondary N) is 1. The number of carbonyl (C=O) groups is 1. The average molecular weight is 488 g/mol. The van der Waals surface area contributed by atoms with Gasteiger partial charge in [0.15, 0.2) is 22.5 Å². The number of carbonyl (C=O) groups excluding carboxylic acids is 1. The summed E-state index contributed by atoms with van der Waals surface area (Å²) in [6.07, 6.45) is 5.24. The largest absolute Gasteiger partial charge is 0.454 e. The van der Waals surface area contributed by atoms with Gasteiger partial charge in [0, 0.05) is 29.7 Å². The zero-order chi connectivity index (χ0) is 24.2. The molecule has 3 heterocycles. The number of para-hydroxylation sites is 1. The van der Waals surface area contributed by atoms with Gasteiger partial charge in [-0.05, 0) is 48.2 Å². The number of anilines is 1. The lowest BCUT2D eigenvalue weighted by atomic mass is 10.0. The van der Waals surface area contributed by atoms with Crippen LogP contribution in [-0.2, 0) is 17.6 Å². The topological polar surface area (TPSA) is 91.2 Å². The fraction of sp³-hybridized carbons (Fsp3) is 0.231. The third-order valence-electron chi connectivity index (χ3n) is 5.73. The zero-order valence-electron chi connectivity index (χ0n) is 19.5. The Hall–Kier alpha value is -3.85. The van der Waals surface area contributed by atoms with Crippen LogP contribution in [0.5, 0.6) is 11.5 Å². The number of aromatic nitrogens is 4. The van der Waals surface area contributed by atoms with E-state index < -0.39 is 0 Å². The van der Waals surface area contributed by atoms with E-state index in [9.17, 15) is 4.79 Å². The molecular weight excluding hydrogens is 462 g/mol. The van der Waals surface area contributed by atoms with Crippen molar-refractivity contribution in [1.82, 2.24) is 19.7 Å². The zero-order valence-corrected chi connectivity index (χ0v) is 20.3. The van der Waals surface area contributed by atoms with E-state index in [1.807, 2.05) is 12.1 Å². The van der Waals surface area contributed by atoms with Crippen LogP contribution in [-0.4, -0.2) is 38.2 Å². The highest BCUT2D eigenvalue weighted by Gasteiger charge is 2.21. The predicted octanol–water partition coefficient (Wildman–Crippen LogP) is 4.91. The minimum Gasteiger partial charge on any atom is -0.454 e. The molecule has 0 saturated heterocycles. The maximum Gasteiger partial charge on any atom is 0.234 e. The van der Waals surface area contributed by atoms with E-state index in [-0.39, 0.29) is 18.5 Å². The minimum atomic E-state index is -0.147. The van der Waals surface area contributed by atoms with Gasteiger partial charge in [-0.2, -0.15) is 0 Å². The van der Waals surface area contributed by atoms with Crippen molar-refractivity contribution >= 4 is 23.4 Å². The molecule has 0 aliphatic carbocycles. The van der Waals surface area contributed by atoms with Crippen molar-refractivity contribution in [2.45, 2.75) is 31.8 Å². The highest BCUT2D eigenvalue weighted by Crippen LogP contribution is 2.35. The Balaban J connectivity index is 1.45. The molecule has 0 spiro atoms. The summed E-state index contributed by atoms with van der Waals surface area (Å²) >= 11 is 1.35. The number of benzene rings is 2. The first-order chi connectivity index (χ1) is 17.2. The number of aryl methyl sites for hydroxylation is 2. The lowest BCUT2D eigenvalue weighted by Crippen LogP contribution is -2.15. The molecule has 1 N–H and O–H groups in total. The Bertz CT molecular complexity index is 1330. The number of ether oxygens (including phenoxy) is 2. The van der Waals surface area contributed by atoms with Crippen molar-refractivity contribution in [2.24, 2.45) is 0 Å². The summed E-state index contributed by atoms with van der Waals surface area (Å²) in [7, 11) is 0. The normalized spacial score (nSPS) is 12.1. The van der Waals surface area contributed by atoms with Crippen LogP contribution in [0.1, 0.15) is 25.0 Å². The average Bonchev–Trinajstić information content (AvgIpc) is 3.54. The summed E-state index contributed by atoms with van der Waals surface area (Å²) < 4.78 is 12.8. The maximum atomic E-state index is 12.8. The van der Waals surface area contributed by atoms with E-state index in [0.29, 0.717) is 28.2 Å². The lowest BCUT2D eigenvalue weighted by Gasteiger charge is -2.18. The van der Waals surface area contributed by atoms with Gasteiger partial charge in [-0.15, -0.1) is 10.2 Å². The lowest BCUT2D eigenvalue weighted by molar-refractivity contribution is -0.113. The van der Waals surface area contributed by atoms with Crippen LogP contribution in [0.2, 0.25) is 0 Å². The molecule has 0 atom stereocenters. The number of hydrogen-bond acceptors (Lipinski definition) is 7. The minimum absolute atomic E-state index is 0.147. The van der Waals surface area contributed by atoms with Crippen molar-refractivity contribution in [3.63, 3.8) is 0 Å². The van der Waals surface area contributed by atoms with Crippen LogP contribution in [0.25, 0.3) is 17.1 Å². The first-order valence-corrected chi connectivity index (χ1v) is 12.5. The summed E-state index contributed by atoms with van der Waals surface area (Å²) in [5, 5.41) is 12.6. The van der Waals surface area contributed by atoms with Gasteiger partial charge in [-0.3, -0.25) is 14.3 Å². The monoisotopic (exact) mass is 487 g/mol. The second-order valence-corrected chi connectivity index (χ2v) is 8.86. The molecule has 35 heavy (non-hydrogen) atoms. The highest BCUT2D eigenvalue weighted by molar-refractivity contribution is 7.99. The third kappa shape index (κ3) is 4.72. The van der Waals surface area contributed by atoms with E-state index in [0.717, 1.165) is 24.1 Å². The Morgan fingerprint density at radius 1 is 1.03 bits per heavy atom. The summed E-state index contributed by atoms with van der Waals surface area (Å²) in [5.41, 5.74) is 4.98. The molecule has 1 amide bonds. The van der Waals surface area contributed by atoms with Crippen LogP contribution < -0.4 is 14.8 Å². The van der Waals surface area contributed by atoms with Gasteiger partial charge in [0.25, 0.3) is 0 Å². The number of hydrogen-bond donors (Lipinski definition) is 1. The first kappa shape index (κ1) is 22.9. The highest BCUT2D eigenvalue weighted by atomic mass is 32.2. The van der Waals surface area contributed by atoms with Gasteiger partial charge in [0.1, 0.15) is 0 Å². The molecular formula is C26H25N5O3S. The van der Waals surface area contributed by atoms with Crippen LogP contribution in [0.15, 0.2) is 66.1 Å². The van der Waals surface area contributed by atoms with Crippen molar-refractivity contribution in [1.29, 1.82) is 0 Å². The SMILES string of the molecule is CCc1cccc(CC)c1-n1c(SCC(=O)Nc2ccc3c(c2)OCO3)nnc1-c1cccnc1. The van der Waals surface area contributed by atoms with Crippen LogP contribution in [0.4, 0.5) is 5.69 Å². The van der Waals surface area contributed by atoms with Crippen LogP contribution in [0, 0.1) is 0 Å². The van der Waals surface area contributed by atoms with Crippen molar-refractivity contribution in [2.75, 3.05) is 17.9 Å². The molecule has 1 aliphatic heterocycles. The van der Waals surface area contributed by atoms with Crippen molar-refractivity contribution in [3.05, 3.63) is 72.1 Å². The molecule has 4 aromatic rings. The fourth-order valence-electron chi connectivity index (χ4n) is 4.05. The Kier molecular flexibility index (Phi) is 6.67. The van der Waals surface area contributed by atoms with Crippen LogP contribution >= 0.6 is 11.8 Å². The molecule has 0 unspecified atom stereocenters. The van der Waals surface area contributed by atoms with Crippen LogP contribution in [0.3, 0.4) is 0 Å². The maximum absolute atomic E-state index is 12.8. The third-order valence-corrected chi connectivity index (χ3v) is 6.66. The number of thioether (sulfide) groups is 1. The second kappa shape index (κ2) is 10.2. The molecule has 0 radical (unpaired) electrons. The second-order valence-electron chi connectivity index (χ2n) is 7.92. The van der Waals surface area contributed by atoms with Crippen molar-refractivity contribution < 1.29 is 14.3 Å². The van der Waals surface area contributed by atoms with Gasteiger partial charge >= 0.3 is 0 Å². The van der Waals surface area contributed by atoms with Gasteiger partial charge < -0.3 is 14.8 Å². The van der Waals surface area contributed by atoms with Crippen molar-refractivity contribution in [3.8, 4) is 28.6 Å². The Morgan fingerprint density at radius 3 is 2.57 bits per heavy atom. The van der Waals surface area contributed by atoms with Gasteiger partial charge in [0.2, 0.25) is 12.7 Å². The number of pyridine rings is 1. The molecule has 0 fully saturated rings. The molecule has 5 rings (SSSR count). The van der Waals surface area contributed by atoms with Gasteiger partial charge in [-0.1, -0.05) is 43.8 Å². The molecule has 0 saturated carbocycles. The van der Waals surface area contributed by atoms with E-state index in [2.05, 4.69) is 57.1 Å². The number of amides is 1. The van der Waals surface area contributed by atoms with E-state index in [1.54, 1.807) is 30.6 Å². The summed E-state index contributed by atoms with van der Waals surface area (Å²) in [6.45, 7) is 4.46. The number of fused-ring (bicyclic) bond motifs is 1. The van der Waals surface area contributed by atoms with Gasteiger partial charge in [-0.25, -0.2) is 0 Å². The number of rotatable bonds is 8. The summed E-state index contributed by atoms with van der Waals surface area (Å²) in [4.78, 5) is 17.1. The quantitative estimate of drug-likeness (QED) is 0.353.